The van der Waals surface area contributed by atoms with Crippen molar-refractivity contribution in [3.8, 4) is 0 Å². The summed E-state index contributed by atoms with van der Waals surface area (Å²) in [6, 6.07) is 25.7. The molecule has 0 saturated heterocycles. The predicted molar refractivity (Wildman–Crippen MR) is 155 cm³/mol. The first-order valence-electron chi connectivity index (χ1n) is 13.0. The molecule has 0 aliphatic rings. The molecular formula is C32H39BrN2O2. The molecule has 1 atom stereocenters. The minimum absolute atomic E-state index is 0.0297. The van der Waals surface area contributed by atoms with Crippen LogP contribution < -0.4 is 5.32 Å². The van der Waals surface area contributed by atoms with Gasteiger partial charge in [0.05, 0.1) is 0 Å². The van der Waals surface area contributed by atoms with E-state index in [0.717, 1.165) is 21.2 Å². The van der Waals surface area contributed by atoms with Crippen LogP contribution in [0.4, 0.5) is 0 Å². The largest absolute Gasteiger partial charge is 0.350 e. The number of carbonyl (C=O) groups excluding carboxylic acids is 2. The fourth-order valence-electron chi connectivity index (χ4n) is 4.30. The first kappa shape index (κ1) is 28.6. The quantitative estimate of drug-likeness (QED) is 0.287. The average Bonchev–Trinajstić information content (AvgIpc) is 2.84. The van der Waals surface area contributed by atoms with E-state index < -0.39 is 11.6 Å². The highest BCUT2D eigenvalue weighted by Gasteiger charge is 2.32. The molecule has 1 N–H and O–H groups in total. The molecule has 0 radical (unpaired) electrons. The van der Waals surface area contributed by atoms with Crippen LogP contribution in [-0.2, 0) is 29.0 Å². The fourth-order valence-corrected chi connectivity index (χ4v) is 4.75. The van der Waals surface area contributed by atoms with Crippen LogP contribution in [0.1, 0.15) is 69.2 Å². The molecule has 0 saturated carbocycles. The molecule has 0 heterocycles. The molecular weight excluding hydrogens is 524 g/mol. The van der Waals surface area contributed by atoms with Gasteiger partial charge in [-0.1, -0.05) is 96.5 Å². The van der Waals surface area contributed by atoms with E-state index in [1.165, 1.54) is 5.56 Å². The molecule has 5 heteroatoms. The second kappa shape index (κ2) is 13.0. The van der Waals surface area contributed by atoms with Gasteiger partial charge in [0, 0.05) is 29.4 Å². The zero-order valence-corrected chi connectivity index (χ0v) is 24.2. The molecule has 0 spiro atoms. The Kier molecular flexibility index (Phi) is 10.1. The van der Waals surface area contributed by atoms with Crippen molar-refractivity contribution in [1.82, 2.24) is 10.2 Å². The zero-order chi connectivity index (χ0) is 27.0. The van der Waals surface area contributed by atoms with Crippen molar-refractivity contribution in [2.75, 3.05) is 0 Å². The van der Waals surface area contributed by atoms with Crippen LogP contribution in [0.5, 0.6) is 0 Å². The van der Waals surface area contributed by atoms with Crippen LogP contribution in [0.25, 0.3) is 0 Å². The molecule has 2 amide bonds. The Labute approximate surface area is 230 Å². The second-order valence-electron chi connectivity index (χ2n) is 11.0. The van der Waals surface area contributed by atoms with Gasteiger partial charge < -0.3 is 10.2 Å². The lowest BCUT2D eigenvalue weighted by molar-refractivity contribution is -0.141. The van der Waals surface area contributed by atoms with E-state index in [9.17, 15) is 9.59 Å². The third kappa shape index (κ3) is 9.15. The molecule has 3 aromatic rings. The Morgan fingerprint density at radius 1 is 0.865 bits per heavy atom. The van der Waals surface area contributed by atoms with E-state index in [1.54, 1.807) is 4.90 Å². The minimum Gasteiger partial charge on any atom is -0.350 e. The lowest BCUT2D eigenvalue weighted by Gasteiger charge is -2.34. The molecule has 0 aromatic heterocycles. The van der Waals surface area contributed by atoms with Gasteiger partial charge in [0.2, 0.25) is 11.8 Å². The number of hydrogen-bond acceptors (Lipinski definition) is 2. The number of amides is 2. The Morgan fingerprint density at radius 3 is 2.11 bits per heavy atom. The van der Waals surface area contributed by atoms with Gasteiger partial charge in [0.25, 0.3) is 0 Å². The summed E-state index contributed by atoms with van der Waals surface area (Å²) in [6.45, 7) is 10.6. The number of nitrogens with one attached hydrogen (secondary N) is 1. The monoisotopic (exact) mass is 562 g/mol. The summed E-state index contributed by atoms with van der Waals surface area (Å²) in [5, 5.41) is 3.12. The number of halogens is 1. The van der Waals surface area contributed by atoms with Gasteiger partial charge in [-0.2, -0.15) is 0 Å². The topological polar surface area (TPSA) is 49.4 Å². The lowest BCUT2D eigenvalue weighted by Crippen LogP contribution is -2.54. The summed E-state index contributed by atoms with van der Waals surface area (Å²) in [7, 11) is 0. The molecule has 0 unspecified atom stereocenters. The van der Waals surface area contributed by atoms with E-state index >= 15 is 0 Å². The van der Waals surface area contributed by atoms with Gasteiger partial charge in [-0.3, -0.25) is 9.59 Å². The summed E-state index contributed by atoms with van der Waals surface area (Å²) >= 11 is 3.54. The molecule has 37 heavy (non-hydrogen) atoms. The maximum Gasteiger partial charge on any atom is 0.243 e. The maximum absolute atomic E-state index is 13.8. The summed E-state index contributed by atoms with van der Waals surface area (Å²) in [5.74, 6) is 0.301. The van der Waals surface area contributed by atoms with Crippen molar-refractivity contribution in [2.45, 2.75) is 77.9 Å². The normalized spacial score (nSPS) is 12.3. The Bertz CT molecular complexity index is 1170. The number of rotatable bonds is 10. The van der Waals surface area contributed by atoms with Crippen molar-refractivity contribution >= 4 is 27.7 Å². The number of benzene rings is 3. The Balaban J connectivity index is 1.90. The van der Waals surface area contributed by atoms with Crippen LogP contribution in [0.15, 0.2) is 83.3 Å². The Hall–Kier alpha value is -2.92. The first-order chi connectivity index (χ1) is 17.5. The standard InChI is InChI=1S/C32H39BrN2O2/c1-23(2)27-17-14-24(15-18-27)16-19-30(36)35(22-26-12-9-13-28(33)20-26)29(31(37)34-32(3,4)5)21-25-10-7-6-8-11-25/h6-15,17-18,20,23,29H,16,19,21-22H2,1-5H3,(H,34,37)/t29-/m1/s1. The lowest BCUT2D eigenvalue weighted by atomic mass is 9.98. The molecule has 196 valence electrons. The van der Waals surface area contributed by atoms with Gasteiger partial charge in [-0.05, 0) is 67.5 Å². The molecule has 0 aliphatic heterocycles. The fraction of sp³-hybridized carbons (Fsp3) is 0.375. The van der Waals surface area contributed by atoms with Crippen LogP contribution in [-0.4, -0.2) is 28.3 Å². The van der Waals surface area contributed by atoms with Crippen molar-refractivity contribution in [1.29, 1.82) is 0 Å². The number of hydrogen-bond donors (Lipinski definition) is 1. The zero-order valence-electron chi connectivity index (χ0n) is 22.6. The summed E-state index contributed by atoms with van der Waals surface area (Å²) in [6.07, 6.45) is 1.42. The van der Waals surface area contributed by atoms with E-state index in [1.807, 2.05) is 75.4 Å². The third-order valence-corrected chi connectivity index (χ3v) is 6.78. The SMILES string of the molecule is CC(C)c1ccc(CCC(=O)N(Cc2cccc(Br)c2)[C@H](Cc2ccccc2)C(=O)NC(C)(C)C)cc1. The third-order valence-electron chi connectivity index (χ3n) is 6.29. The molecule has 3 rings (SSSR count). The first-order valence-corrected chi connectivity index (χ1v) is 13.8. The van der Waals surface area contributed by atoms with E-state index in [-0.39, 0.29) is 11.8 Å². The van der Waals surface area contributed by atoms with Crippen LogP contribution in [0.3, 0.4) is 0 Å². The van der Waals surface area contributed by atoms with Gasteiger partial charge >= 0.3 is 0 Å². The predicted octanol–water partition coefficient (Wildman–Crippen LogP) is 7.06. The number of nitrogens with zero attached hydrogens (tertiary/aromatic N) is 1. The van der Waals surface area contributed by atoms with Crippen LogP contribution in [0.2, 0.25) is 0 Å². The minimum atomic E-state index is -0.628. The van der Waals surface area contributed by atoms with Crippen molar-refractivity contribution in [3.63, 3.8) is 0 Å². The molecule has 0 bridgehead atoms. The van der Waals surface area contributed by atoms with Crippen molar-refractivity contribution < 1.29 is 9.59 Å². The van der Waals surface area contributed by atoms with Gasteiger partial charge in [-0.25, -0.2) is 0 Å². The smallest absolute Gasteiger partial charge is 0.243 e. The van der Waals surface area contributed by atoms with Crippen LogP contribution in [0, 0.1) is 0 Å². The second-order valence-corrected chi connectivity index (χ2v) is 11.9. The molecule has 0 fully saturated rings. The van der Waals surface area contributed by atoms with Crippen molar-refractivity contribution in [2.24, 2.45) is 0 Å². The van der Waals surface area contributed by atoms with E-state index in [2.05, 4.69) is 59.4 Å². The van der Waals surface area contributed by atoms with E-state index in [0.29, 0.717) is 31.7 Å². The molecule has 0 aliphatic carbocycles. The average molecular weight is 564 g/mol. The highest BCUT2D eigenvalue weighted by atomic mass is 79.9. The van der Waals surface area contributed by atoms with Gasteiger partial charge in [0.15, 0.2) is 0 Å². The highest BCUT2D eigenvalue weighted by molar-refractivity contribution is 9.10. The summed E-state index contributed by atoms with van der Waals surface area (Å²) in [4.78, 5) is 29.2. The van der Waals surface area contributed by atoms with E-state index in [4.69, 9.17) is 0 Å². The van der Waals surface area contributed by atoms with Gasteiger partial charge in [-0.15, -0.1) is 0 Å². The summed E-state index contributed by atoms with van der Waals surface area (Å²) in [5.41, 5.74) is 4.00. The van der Waals surface area contributed by atoms with Crippen LogP contribution >= 0.6 is 15.9 Å². The maximum atomic E-state index is 13.8. The van der Waals surface area contributed by atoms with Gasteiger partial charge in [0.1, 0.15) is 6.04 Å². The molecule has 3 aromatic carbocycles. The highest BCUT2D eigenvalue weighted by Crippen LogP contribution is 2.21. The Morgan fingerprint density at radius 2 is 1.51 bits per heavy atom. The number of carbonyl (C=O) groups is 2. The van der Waals surface area contributed by atoms with Crippen molar-refractivity contribution in [3.05, 3.63) is 106 Å². The molecule has 4 nitrogen and oxygen atoms in total. The number of aryl methyl sites for hydroxylation is 1. The summed E-state index contributed by atoms with van der Waals surface area (Å²) < 4.78 is 0.946.